The molecule has 0 aromatic heterocycles. The van der Waals surface area contributed by atoms with E-state index in [2.05, 4.69) is 26.5 Å². The van der Waals surface area contributed by atoms with Crippen molar-refractivity contribution in [2.24, 2.45) is 5.10 Å². The summed E-state index contributed by atoms with van der Waals surface area (Å²) in [5, 5.41) is 13.1. The summed E-state index contributed by atoms with van der Waals surface area (Å²) in [5.41, 5.74) is 4.38. The number of hydrazone groups is 1. The lowest BCUT2D eigenvalue weighted by atomic mass is 10.2. The van der Waals surface area contributed by atoms with Crippen molar-refractivity contribution in [2.75, 3.05) is 19.1 Å². The van der Waals surface area contributed by atoms with Gasteiger partial charge in [0.25, 0.3) is 0 Å². The van der Waals surface area contributed by atoms with E-state index in [0.29, 0.717) is 23.8 Å². The number of hydrogen-bond donors (Lipinski definition) is 2. The van der Waals surface area contributed by atoms with Crippen LogP contribution in [-0.4, -0.2) is 31.0 Å². The Morgan fingerprint density at radius 1 is 1.38 bits per heavy atom. The maximum Gasteiger partial charge on any atom is 0.335 e. The van der Waals surface area contributed by atoms with Crippen molar-refractivity contribution in [2.45, 2.75) is 6.92 Å². The fourth-order valence-electron chi connectivity index (χ4n) is 2.00. The molecule has 0 radical (unpaired) electrons. The monoisotopic (exact) mass is 392 g/mol. The Morgan fingerprint density at radius 3 is 2.83 bits per heavy atom. The number of anilines is 1. The molecule has 0 saturated carbocycles. The van der Waals surface area contributed by atoms with Gasteiger partial charge in [-0.25, -0.2) is 4.79 Å². The van der Waals surface area contributed by atoms with Crippen molar-refractivity contribution in [1.82, 2.24) is 0 Å². The summed E-state index contributed by atoms with van der Waals surface area (Å²) in [6.45, 7) is 2.43. The number of benzene rings is 2. The highest BCUT2D eigenvalue weighted by molar-refractivity contribution is 9.10. The summed E-state index contributed by atoms with van der Waals surface area (Å²) in [5.74, 6) is 0.252. The van der Waals surface area contributed by atoms with Gasteiger partial charge in [-0.1, -0.05) is 6.07 Å². The zero-order valence-corrected chi connectivity index (χ0v) is 14.8. The molecule has 0 fully saturated rings. The number of methoxy groups -OCH3 is 1. The van der Waals surface area contributed by atoms with Crippen LogP contribution in [0.4, 0.5) is 5.69 Å². The summed E-state index contributed by atoms with van der Waals surface area (Å²) >= 11 is 3.45. The molecule has 0 spiro atoms. The van der Waals surface area contributed by atoms with Crippen LogP contribution in [0.25, 0.3) is 0 Å². The van der Waals surface area contributed by atoms with Gasteiger partial charge in [0.15, 0.2) is 11.5 Å². The van der Waals surface area contributed by atoms with Gasteiger partial charge in [-0.15, -0.1) is 0 Å². The minimum Gasteiger partial charge on any atom is -0.493 e. The average Bonchev–Trinajstić information content (AvgIpc) is 2.57. The molecular formula is C17H17BrN2O4. The molecule has 0 amide bonds. The van der Waals surface area contributed by atoms with Gasteiger partial charge in [0.1, 0.15) is 0 Å². The molecule has 2 N–H and O–H groups in total. The highest BCUT2D eigenvalue weighted by Gasteiger charge is 2.10. The normalized spacial score (nSPS) is 10.6. The standard InChI is InChI=1S/C17H17BrN2O4/c1-3-24-16-14(18)7-11(8-15(16)23-2)10-19-20-13-6-4-5-12(9-13)17(21)22/h4-10,20H,3H2,1-2H3,(H,21,22). The number of carbonyl (C=O) groups is 1. The van der Waals surface area contributed by atoms with E-state index < -0.39 is 5.97 Å². The van der Waals surface area contributed by atoms with E-state index >= 15 is 0 Å². The topological polar surface area (TPSA) is 80.2 Å². The van der Waals surface area contributed by atoms with Crippen LogP contribution in [0.2, 0.25) is 0 Å². The lowest BCUT2D eigenvalue weighted by Gasteiger charge is -2.12. The molecule has 0 bridgehead atoms. The second-order valence-electron chi connectivity index (χ2n) is 4.72. The smallest absolute Gasteiger partial charge is 0.335 e. The zero-order chi connectivity index (χ0) is 17.5. The summed E-state index contributed by atoms with van der Waals surface area (Å²) in [6, 6.07) is 10.1. The highest BCUT2D eigenvalue weighted by atomic mass is 79.9. The SMILES string of the molecule is CCOc1c(Br)cc(C=NNc2cccc(C(=O)O)c2)cc1OC. The highest BCUT2D eigenvalue weighted by Crippen LogP contribution is 2.36. The lowest BCUT2D eigenvalue weighted by molar-refractivity contribution is 0.0697. The third-order valence-electron chi connectivity index (χ3n) is 3.06. The van der Waals surface area contributed by atoms with Crippen LogP contribution in [0.5, 0.6) is 11.5 Å². The first-order valence-corrected chi connectivity index (χ1v) is 7.97. The summed E-state index contributed by atoms with van der Waals surface area (Å²) in [4.78, 5) is 10.9. The lowest BCUT2D eigenvalue weighted by Crippen LogP contribution is -1.99. The molecule has 126 valence electrons. The van der Waals surface area contributed by atoms with Crippen LogP contribution in [0, 0.1) is 0 Å². The number of carboxylic acids is 1. The minimum absolute atomic E-state index is 0.195. The third-order valence-corrected chi connectivity index (χ3v) is 3.65. The van der Waals surface area contributed by atoms with E-state index in [1.54, 1.807) is 31.5 Å². The Hall–Kier alpha value is -2.54. The Labute approximate surface area is 148 Å². The van der Waals surface area contributed by atoms with Gasteiger partial charge in [0.2, 0.25) is 0 Å². The fraction of sp³-hybridized carbons (Fsp3) is 0.176. The second kappa shape index (κ2) is 8.35. The Bertz CT molecular complexity index is 762. The van der Waals surface area contributed by atoms with Crippen LogP contribution >= 0.6 is 15.9 Å². The number of aromatic carboxylic acids is 1. The largest absolute Gasteiger partial charge is 0.493 e. The molecule has 0 saturated heterocycles. The summed E-state index contributed by atoms with van der Waals surface area (Å²) in [7, 11) is 1.57. The first kappa shape index (κ1) is 17.8. The van der Waals surface area contributed by atoms with Gasteiger partial charge in [-0.2, -0.15) is 5.10 Å². The van der Waals surface area contributed by atoms with Gasteiger partial charge in [-0.3, -0.25) is 5.43 Å². The predicted molar refractivity (Wildman–Crippen MR) is 96.5 cm³/mol. The Morgan fingerprint density at radius 2 is 2.17 bits per heavy atom. The fourth-order valence-corrected chi connectivity index (χ4v) is 2.58. The van der Waals surface area contributed by atoms with Crippen molar-refractivity contribution in [3.63, 3.8) is 0 Å². The molecule has 0 aliphatic rings. The quantitative estimate of drug-likeness (QED) is 0.549. The van der Waals surface area contributed by atoms with E-state index in [9.17, 15) is 4.79 Å². The summed E-state index contributed by atoms with van der Waals surface area (Å²) < 4.78 is 11.6. The predicted octanol–water partition coefficient (Wildman–Crippen LogP) is 4.00. The van der Waals surface area contributed by atoms with E-state index in [1.165, 1.54) is 12.1 Å². The van der Waals surface area contributed by atoms with Gasteiger partial charge in [0, 0.05) is 0 Å². The number of nitrogens with one attached hydrogen (secondary N) is 1. The van der Waals surface area contributed by atoms with Crippen molar-refractivity contribution in [3.05, 3.63) is 52.0 Å². The number of rotatable bonds is 7. The zero-order valence-electron chi connectivity index (χ0n) is 13.2. The molecule has 0 unspecified atom stereocenters. The molecule has 0 atom stereocenters. The van der Waals surface area contributed by atoms with Crippen LogP contribution < -0.4 is 14.9 Å². The van der Waals surface area contributed by atoms with Crippen LogP contribution in [0.3, 0.4) is 0 Å². The van der Waals surface area contributed by atoms with Gasteiger partial charge >= 0.3 is 5.97 Å². The van der Waals surface area contributed by atoms with E-state index in [0.717, 1.165) is 10.0 Å². The number of halogens is 1. The van der Waals surface area contributed by atoms with Crippen LogP contribution in [-0.2, 0) is 0 Å². The molecule has 2 aromatic rings. The number of carboxylic acid groups (broad SMARTS) is 1. The Kier molecular flexibility index (Phi) is 6.20. The third kappa shape index (κ3) is 4.48. The van der Waals surface area contributed by atoms with Crippen LogP contribution in [0.1, 0.15) is 22.8 Å². The number of ether oxygens (including phenoxy) is 2. The van der Waals surface area contributed by atoms with Gasteiger partial charge in [0.05, 0.1) is 35.7 Å². The number of hydrogen-bond acceptors (Lipinski definition) is 5. The maximum absolute atomic E-state index is 10.9. The van der Waals surface area contributed by atoms with Gasteiger partial charge in [-0.05, 0) is 58.7 Å². The molecule has 2 aromatic carbocycles. The minimum atomic E-state index is -0.984. The second-order valence-corrected chi connectivity index (χ2v) is 5.58. The van der Waals surface area contributed by atoms with Crippen molar-refractivity contribution in [3.8, 4) is 11.5 Å². The van der Waals surface area contributed by atoms with E-state index in [1.807, 2.05) is 13.0 Å². The maximum atomic E-state index is 10.9. The van der Waals surface area contributed by atoms with Gasteiger partial charge < -0.3 is 14.6 Å². The molecule has 0 aliphatic heterocycles. The molecule has 0 heterocycles. The first-order valence-electron chi connectivity index (χ1n) is 7.18. The molecule has 6 nitrogen and oxygen atoms in total. The van der Waals surface area contributed by atoms with E-state index in [4.69, 9.17) is 14.6 Å². The summed E-state index contributed by atoms with van der Waals surface area (Å²) in [6.07, 6.45) is 1.61. The van der Waals surface area contributed by atoms with Crippen molar-refractivity contribution < 1.29 is 19.4 Å². The van der Waals surface area contributed by atoms with E-state index in [-0.39, 0.29) is 5.56 Å². The number of nitrogens with zero attached hydrogens (tertiary/aromatic N) is 1. The first-order chi connectivity index (χ1) is 11.5. The average molecular weight is 393 g/mol. The Balaban J connectivity index is 2.16. The molecule has 24 heavy (non-hydrogen) atoms. The molecule has 2 rings (SSSR count). The van der Waals surface area contributed by atoms with Crippen LogP contribution in [0.15, 0.2) is 46.0 Å². The molecular weight excluding hydrogens is 376 g/mol. The van der Waals surface area contributed by atoms with Crippen molar-refractivity contribution in [1.29, 1.82) is 0 Å². The van der Waals surface area contributed by atoms with Crippen molar-refractivity contribution >= 4 is 33.8 Å². The molecule has 7 heteroatoms. The molecule has 0 aliphatic carbocycles.